The van der Waals surface area contributed by atoms with Crippen molar-refractivity contribution in [1.29, 1.82) is 0 Å². The largest absolute Gasteiger partial charge is 0.392 e. The van der Waals surface area contributed by atoms with E-state index in [1.807, 2.05) is 0 Å². The molecule has 1 aliphatic heterocycles. The van der Waals surface area contributed by atoms with Crippen molar-refractivity contribution in [3.63, 3.8) is 0 Å². The van der Waals surface area contributed by atoms with E-state index in [0.29, 0.717) is 12.1 Å². The molecule has 1 saturated heterocycles. The summed E-state index contributed by atoms with van der Waals surface area (Å²) in [7, 11) is 0. The molecule has 1 fully saturated rings. The van der Waals surface area contributed by atoms with E-state index in [1.165, 1.54) is 0 Å². The predicted molar refractivity (Wildman–Crippen MR) is 59.4 cm³/mol. The molecule has 1 aliphatic rings. The summed E-state index contributed by atoms with van der Waals surface area (Å²) in [6.07, 6.45) is 1.97. The van der Waals surface area contributed by atoms with E-state index in [4.69, 9.17) is 0 Å². The Labute approximate surface area is 87.5 Å². The molecule has 0 aliphatic carbocycles. The van der Waals surface area contributed by atoms with Gasteiger partial charge in [0.05, 0.1) is 6.10 Å². The topological polar surface area (TPSA) is 35.5 Å². The highest BCUT2D eigenvalue weighted by Crippen LogP contribution is 2.11. The van der Waals surface area contributed by atoms with Gasteiger partial charge in [-0.15, -0.1) is 0 Å². The number of β-amino-alcohol motifs (C(OH)–C–C–N with tert-alkyl or cyclic N) is 1. The van der Waals surface area contributed by atoms with Crippen molar-refractivity contribution in [3.05, 3.63) is 0 Å². The molecular formula is C11H24N2O. The lowest BCUT2D eigenvalue weighted by molar-refractivity contribution is 0.188. The van der Waals surface area contributed by atoms with E-state index in [2.05, 4.69) is 31.0 Å². The fraction of sp³-hybridized carbons (Fsp3) is 1.00. The third-order valence-corrected chi connectivity index (χ3v) is 3.10. The summed E-state index contributed by atoms with van der Waals surface area (Å²) < 4.78 is 0. The maximum absolute atomic E-state index is 9.36. The van der Waals surface area contributed by atoms with Gasteiger partial charge in [-0.25, -0.2) is 0 Å². The smallest absolute Gasteiger partial charge is 0.0679 e. The van der Waals surface area contributed by atoms with E-state index in [0.717, 1.165) is 32.5 Å². The van der Waals surface area contributed by atoms with Crippen LogP contribution in [0.2, 0.25) is 0 Å². The van der Waals surface area contributed by atoms with Gasteiger partial charge in [-0.05, 0) is 39.8 Å². The van der Waals surface area contributed by atoms with E-state index in [1.54, 1.807) is 0 Å². The van der Waals surface area contributed by atoms with Crippen LogP contribution in [0.1, 0.15) is 33.6 Å². The van der Waals surface area contributed by atoms with Gasteiger partial charge in [-0.3, -0.25) is 0 Å². The number of aliphatic hydroxyl groups excluding tert-OH is 1. The van der Waals surface area contributed by atoms with Gasteiger partial charge in [0.1, 0.15) is 0 Å². The minimum atomic E-state index is -0.117. The molecule has 1 heterocycles. The van der Waals surface area contributed by atoms with Crippen molar-refractivity contribution >= 4 is 0 Å². The van der Waals surface area contributed by atoms with Gasteiger partial charge in [-0.1, -0.05) is 6.92 Å². The second kappa shape index (κ2) is 5.69. The van der Waals surface area contributed by atoms with Crippen LogP contribution in [0, 0.1) is 0 Å². The summed E-state index contributed by atoms with van der Waals surface area (Å²) in [4.78, 5) is 2.46. The van der Waals surface area contributed by atoms with E-state index >= 15 is 0 Å². The molecule has 2 N–H and O–H groups in total. The Hall–Kier alpha value is -0.120. The van der Waals surface area contributed by atoms with Crippen LogP contribution in [-0.4, -0.2) is 47.8 Å². The maximum Gasteiger partial charge on any atom is 0.0679 e. The standard InChI is InChI=1S/C11H24N2O/c1-4-13(9(2)3)6-5-10-7-11(14)8-12-10/h9-12,14H,4-8H2,1-3H3. The Balaban J connectivity index is 2.18. The lowest BCUT2D eigenvalue weighted by Crippen LogP contribution is -2.35. The van der Waals surface area contributed by atoms with Gasteiger partial charge in [0.15, 0.2) is 0 Å². The third kappa shape index (κ3) is 3.56. The van der Waals surface area contributed by atoms with Crippen LogP contribution >= 0.6 is 0 Å². The number of nitrogens with zero attached hydrogens (tertiary/aromatic N) is 1. The zero-order valence-electron chi connectivity index (χ0n) is 9.66. The van der Waals surface area contributed by atoms with Crippen molar-refractivity contribution in [2.75, 3.05) is 19.6 Å². The first-order valence-corrected chi connectivity index (χ1v) is 5.79. The van der Waals surface area contributed by atoms with Crippen LogP contribution in [-0.2, 0) is 0 Å². The zero-order chi connectivity index (χ0) is 10.6. The quantitative estimate of drug-likeness (QED) is 0.690. The molecule has 0 radical (unpaired) electrons. The monoisotopic (exact) mass is 200 g/mol. The highest BCUT2D eigenvalue weighted by molar-refractivity contribution is 4.81. The molecule has 0 saturated carbocycles. The predicted octanol–water partition coefficient (Wildman–Crippen LogP) is 0.830. The molecule has 3 heteroatoms. The molecular weight excluding hydrogens is 176 g/mol. The summed E-state index contributed by atoms with van der Waals surface area (Å²) >= 11 is 0. The minimum Gasteiger partial charge on any atom is -0.392 e. The van der Waals surface area contributed by atoms with Crippen LogP contribution in [0.4, 0.5) is 0 Å². The van der Waals surface area contributed by atoms with Crippen molar-refractivity contribution in [2.45, 2.75) is 51.8 Å². The fourth-order valence-corrected chi connectivity index (χ4v) is 2.12. The minimum absolute atomic E-state index is 0.117. The Morgan fingerprint density at radius 1 is 1.50 bits per heavy atom. The summed E-state index contributed by atoms with van der Waals surface area (Å²) in [5.74, 6) is 0. The molecule has 0 amide bonds. The molecule has 0 aromatic rings. The second-order valence-electron chi connectivity index (χ2n) is 4.51. The van der Waals surface area contributed by atoms with Gasteiger partial charge < -0.3 is 15.3 Å². The lowest BCUT2D eigenvalue weighted by Gasteiger charge is -2.26. The summed E-state index contributed by atoms with van der Waals surface area (Å²) in [5, 5.41) is 12.7. The molecule has 3 nitrogen and oxygen atoms in total. The Bertz CT molecular complexity index is 161. The molecule has 14 heavy (non-hydrogen) atoms. The Morgan fingerprint density at radius 2 is 2.21 bits per heavy atom. The van der Waals surface area contributed by atoms with Crippen molar-refractivity contribution in [3.8, 4) is 0 Å². The first-order valence-electron chi connectivity index (χ1n) is 5.79. The average Bonchev–Trinajstić information content (AvgIpc) is 2.52. The molecule has 84 valence electrons. The van der Waals surface area contributed by atoms with Gasteiger partial charge in [0.2, 0.25) is 0 Å². The number of rotatable bonds is 5. The van der Waals surface area contributed by atoms with Crippen molar-refractivity contribution in [2.24, 2.45) is 0 Å². The van der Waals surface area contributed by atoms with Crippen molar-refractivity contribution < 1.29 is 5.11 Å². The van der Waals surface area contributed by atoms with Crippen molar-refractivity contribution in [1.82, 2.24) is 10.2 Å². The van der Waals surface area contributed by atoms with Crippen LogP contribution in [0.3, 0.4) is 0 Å². The fourth-order valence-electron chi connectivity index (χ4n) is 2.12. The molecule has 0 aromatic heterocycles. The summed E-state index contributed by atoms with van der Waals surface area (Å²) in [6, 6.07) is 1.16. The zero-order valence-corrected chi connectivity index (χ0v) is 9.66. The lowest BCUT2D eigenvalue weighted by atomic mass is 10.1. The van der Waals surface area contributed by atoms with E-state index in [-0.39, 0.29) is 6.10 Å². The summed E-state index contributed by atoms with van der Waals surface area (Å²) in [5.41, 5.74) is 0. The average molecular weight is 200 g/mol. The summed E-state index contributed by atoms with van der Waals surface area (Å²) in [6.45, 7) is 9.71. The number of hydrogen-bond acceptors (Lipinski definition) is 3. The highest BCUT2D eigenvalue weighted by atomic mass is 16.3. The number of aliphatic hydroxyl groups is 1. The number of hydrogen-bond donors (Lipinski definition) is 2. The molecule has 0 bridgehead atoms. The molecule has 0 spiro atoms. The Kier molecular flexibility index (Phi) is 4.85. The first-order chi connectivity index (χ1) is 6.63. The second-order valence-corrected chi connectivity index (χ2v) is 4.51. The SMILES string of the molecule is CCN(CCC1CC(O)CN1)C(C)C. The van der Waals surface area contributed by atoms with Crippen LogP contribution in [0.15, 0.2) is 0 Å². The van der Waals surface area contributed by atoms with Crippen LogP contribution in [0.5, 0.6) is 0 Å². The maximum atomic E-state index is 9.36. The van der Waals surface area contributed by atoms with Gasteiger partial charge in [0.25, 0.3) is 0 Å². The molecule has 1 rings (SSSR count). The molecule has 2 atom stereocenters. The molecule has 2 unspecified atom stereocenters. The van der Waals surface area contributed by atoms with Crippen LogP contribution in [0.25, 0.3) is 0 Å². The Morgan fingerprint density at radius 3 is 2.64 bits per heavy atom. The van der Waals surface area contributed by atoms with E-state index in [9.17, 15) is 5.11 Å². The highest BCUT2D eigenvalue weighted by Gasteiger charge is 2.22. The van der Waals surface area contributed by atoms with Gasteiger partial charge in [-0.2, -0.15) is 0 Å². The van der Waals surface area contributed by atoms with E-state index < -0.39 is 0 Å². The van der Waals surface area contributed by atoms with Gasteiger partial charge >= 0.3 is 0 Å². The molecule has 0 aromatic carbocycles. The first kappa shape index (κ1) is 12.0. The number of nitrogens with one attached hydrogen (secondary N) is 1. The normalized spacial score (nSPS) is 27.9. The van der Waals surface area contributed by atoms with Crippen LogP contribution < -0.4 is 5.32 Å². The third-order valence-electron chi connectivity index (χ3n) is 3.10. The van der Waals surface area contributed by atoms with Gasteiger partial charge in [0, 0.05) is 18.6 Å².